The Balaban J connectivity index is 1.55. The van der Waals surface area contributed by atoms with Crippen LogP contribution in [0.3, 0.4) is 0 Å². The third-order valence-corrected chi connectivity index (χ3v) is 3.75. The number of piperidine rings is 1. The number of anilines is 2. The summed E-state index contributed by atoms with van der Waals surface area (Å²) in [5.74, 6) is 1.92. The third-order valence-electron chi connectivity index (χ3n) is 3.75. The molecule has 0 saturated carbocycles. The van der Waals surface area contributed by atoms with E-state index >= 15 is 0 Å². The molecule has 0 radical (unpaired) electrons. The van der Waals surface area contributed by atoms with Crippen molar-refractivity contribution in [2.24, 2.45) is 0 Å². The van der Waals surface area contributed by atoms with Crippen LogP contribution in [0.4, 0.5) is 11.6 Å². The number of nitrogens with one attached hydrogen (secondary N) is 1. The Morgan fingerprint density at radius 1 is 1.05 bits per heavy atom. The van der Waals surface area contributed by atoms with Crippen molar-refractivity contribution in [3.05, 3.63) is 42.5 Å². The highest BCUT2D eigenvalue weighted by Gasteiger charge is 2.12. The Hall–Kier alpha value is -2.17. The maximum absolute atomic E-state index is 4.39. The van der Waals surface area contributed by atoms with Crippen molar-refractivity contribution in [1.82, 2.24) is 15.0 Å². The normalized spacial score (nSPS) is 15.0. The molecule has 5 nitrogen and oxygen atoms in total. The molecule has 1 aliphatic rings. The van der Waals surface area contributed by atoms with Gasteiger partial charge in [0, 0.05) is 44.0 Å². The van der Waals surface area contributed by atoms with Gasteiger partial charge in [-0.2, -0.15) is 0 Å². The van der Waals surface area contributed by atoms with Gasteiger partial charge >= 0.3 is 0 Å². The highest BCUT2D eigenvalue weighted by molar-refractivity contribution is 5.48. The molecular formula is C16H21N5. The smallest absolute Gasteiger partial charge is 0.134 e. The fraction of sp³-hybridized carbons (Fsp3) is 0.438. The Morgan fingerprint density at radius 2 is 1.95 bits per heavy atom. The maximum atomic E-state index is 4.39. The van der Waals surface area contributed by atoms with Gasteiger partial charge in [-0.15, -0.1) is 0 Å². The topological polar surface area (TPSA) is 53.9 Å². The number of nitrogens with zero attached hydrogens (tertiary/aromatic N) is 4. The summed E-state index contributed by atoms with van der Waals surface area (Å²) in [7, 11) is 0. The van der Waals surface area contributed by atoms with E-state index in [9.17, 15) is 0 Å². The molecule has 0 atom stereocenters. The second-order valence-electron chi connectivity index (χ2n) is 5.31. The Labute approximate surface area is 125 Å². The lowest BCUT2D eigenvalue weighted by molar-refractivity contribution is 0.573. The molecule has 3 rings (SSSR count). The standard InChI is InChI=1S/C16H21N5/c1-4-10-21(11-5-1)16-12-15(19-13-20-16)18-9-7-14-6-2-3-8-17-14/h2-3,6,8,12-13H,1,4-5,7,9-11H2,(H,18,19,20). The average Bonchev–Trinajstić information content (AvgIpc) is 2.57. The minimum absolute atomic E-state index is 0.827. The van der Waals surface area contributed by atoms with Crippen LogP contribution in [0.25, 0.3) is 0 Å². The molecular weight excluding hydrogens is 262 g/mol. The number of aromatic nitrogens is 3. The zero-order chi connectivity index (χ0) is 14.3. The summed E-state index contributed by atoms with van der Waals surface area (Å²) in [4.78, 5) is 15.4. The number of hydrogen-bond acceptors (Lipinski definition) is 5. The first-order valence-electron chi connectivity index (χ1n) is 7.62. The molecule has 0 aliphatic carbocycles. The quantitative estimate of drug-likeness (QED) is 0.913. The van der Waals surface area contributed by atoms with Crippen LogP contribution in [-0.4, -0.2) is 34.6 Å². The predicted octanol–water partition coefficient (Wildman–Crippen LogP) is 2.52. The van der Waals surface area contributed by atoms with Crippen molar-refractivity contribution in [3.8, 4) is 0 Å². The number of rotatable bonds is 5. The molecule has 1 N–H and O–H groups in total. The summed E-state index contributed by atoms with van der Waals surface area (Å²) in [5.41, 5.74) is 1.09. The fourth-order valence-corrected chi connectivity index (χ4v) is 2.60. The van der Waals surface area contributed by atoms with E-state index in [-0.39, 0.29) is 0 Å². The zero-order valence-corrected chi connectivity index (χ0v) is 12.2. The molecule has 110 valence electrons. The fourth-order valence-electron chi connectivity index (χ4n) is 2.60. The minimum Gasteiger partial charge on any atom is -0.370 e. The first-order valence-corrected chi connectivity index (χ1v) is 7.62. The third kappa shape index (κ3) is 3.90. The van der Waals surface area contributed by atoms with Gasteiger partial charge in [-0.05, 0) is 31.4 Å². The second-order valence-corrected chi connectivity index (χ2v) is 5.31. The monoisotopic (exact) mass is 283 g/mol. The van der Waals surface area contributed by atoms with E-state index in [1.54, 1.807) is 6.33 Å². The lowest BCUT2D eigenvalue weighted by atomic mass is 10.1. The van der Waals surface area contributed by atoms with E-state index in [2.05, 4.69) is 25.2 Å². The molecule has 0 unspecified atom stereocenters. The lowest BCUT2D eigenvalue weighted by Gasteiger charge is -2.27. The van der Waals surface area contributed by atoms with Crippen molar-refractivity contribution < 1.29 is 0 Å². The second kappa shape index (κ2) is 7.02. The van der Waals surface area contributed by atoms with Crippen molar-refractivity contribution in [2.75, 3.05) is 29.9 Å². The summed E-state index contributed by atoms with van der Waals surface area (Å²) in [6.07, 6.45) is 8.21. The van der Waals surface area contributed by atoms with Gasteiger partial charge in [0.1, 0.15) is 18.0 Å². The van der Waals surface area contributed by atoms with Gasteiger partial charge in [0.25, 0.3) is 0 Å². The van der Waals surface area contributed by atoms with Crippen molar-refractivity contribution in [3.63, 3.8) is 0 Å². The first kappa shape index (κ1) is 13.8. The average molecular weight is 283 g/mol. The molecule has 0 bridgehead atoms. The van der Waals surface area contributed by atoms with Gasteiger partial charge in [0.2, 0.25) is 0 Å². The van der Waals surface area contributed by atoms with Gasteiger partial charge in [0.05, 0.1) is 0 Å². The van der Waals surface area contributed by atoms with Crippen molar-refractivity contribution >= 4 is 11.6 Å². The van der Waals surface area contributed by atoms with Gasteiger partial charge in [-0.3, -0.25) is 4.98 Å². The van der Waals surface area contributed by atoms with E-state index in [0.717, 1.165) is 43.4 Å². The van der Waals surface area contributed by atoms with Crippen LogP contribution in [0.5, 0.6) is 0 Å². The van der Waals surface area contributed by atoms with Crippen molar-refractivity contribution in [1.29, 1.82) is 0 Å². The van der Waals surface area contributed by atoms with Crippen molar-refractivity contribution in [2.45, 2.75) is 25.7 Å². The van der Waals surface area contributed by atoms with E-state index in [4.69, 9.17) is 0 Å². The van der Waals surface area contributed by atoms with Crippen LogP contribution in [-0.2, 0) is 6.42 Å². The van der Waals surface area contributed by atoms with Crippen LogP contribution >= 0.6 is 0 Å². The number of pyridine rings is 1. The molecule has 1 aliphatic heterocycles. The first-order chi connectivity index (χ1) is 10.4. The summed E-state index contributed by atoms with van der Waals surface area (Å²) < 4.78 is 0. The molecule has 1 saturated heterocycles. The van der Waals surface area contributed by atoms with Gasteiger partial charge in [-0.25, -0.2) is 9.97 Å². The van der Waals surface area contributed by atoms with E-state index < -0.39 is 0 Å². The molecule has 2 aromatic heterocycles. The highest BCUT2D eigenvalue weighted by Crippen LogP contribution is 2.18. The summed E-state index contributed by atoms with van der Waals surface area (Å²) in [6, 6.07) is 8.04. The Bertz CT molecular complexity index is 552. The summed E-state index contributed by atoms with van der Waals surface area (Å²) in [6.45, 7) is 3.03. The molecule has 1 fully saturated rings. The van der Waals surface area contributed by atoms with Gasteiger partial charge < -0.3 is 10.2 Å². The Kier molecular flexibility index (Phi) is 4.61. The van der Waals surface area contributed by atoms with Crippen LogP contribution in [0, 0.1) is 0 Å². The molecule has 3 heterocycles. The molecule has 2 aromatic rings. The number of hydrogen-bond donors (Lipinski definition) is 1. The van der Waals surface area contributed by atoms with Gasteiger partial charge in [0.15, 0.2) is 0 Å². The summed E-state index contributed by atoms with van der Waals surface area (Å²) in [5, 5.41) is 3.35. The predicted molar refractivity (Wildman–Crippen MR) is 84.5 cm³/mol. The van der Waals surface area contributed by atoms with E-state index in [1.807, 2.05) is 30.5 Å². The molecule has 0 spiro atoms. The SMILES string of the molecule is c1ccc(CCNc2cc(N3CCCCC3)ncn2)nc1. The van der Waals surface area contributed by atoms with E-state index in [1.165, 1.54) is 19.3 Å². The Morgan fingerprint density at radius 3 is 2.76 bits per heavy atom. The van der Waals surface area contributed by atoms with E-state index in [0.29, 0.717) is 0 Å². The maximum Gasteiger partial charge on any atom is 0.134 e. The van der Waals surface area contributed by atoms with Crippen LogP contribution in [0.2, 0.25) is 0 Å². The van der Waals surface area contributed by atoms with Crippen LogP contribution < -0.4 is 10.2 Å². The van der Waals surface area contributed by atoms with Crippen LogP contribution in [0.1, 0.15) is 25.0 Å². The molecule has 5 heteroatoms. The minimum atomic E-state index is 0.827. The highest BCUT2D eigenvalue weighted by atomic mass is 15.2. The van der Waals surface area contributed by atoms with Crippen LogP contribution in [0.15, 0.2) is 36.8 Å². The summed E-state index contributed by atoms with van der Waals surface area (Å²) >= 11 is 0. The molecule has 21 heavy (non-hydrogen) atoms. The molecule has 0 aromatic carbocycles. The largest absolute Gasteiger partial charge is 0.370 e. The lowest BCUT2D eigenvalue weighted by Crippen LogP contribution is -2.30. The zero-order valence-electron chi connectivity index (χ0n) is 12.2. The van der Waals surface area contributed by atoms with Gasteiger partial charge in [-0.1, -0.05) is 6.07 Å². The molecule has 0 amide bonds.